The number of amides is 1. The minimum Gasteiger partial charge on any atom is -0.488 e. The van der Waals surface area contributed by atoms with Crippen LogP contribution in [0.25, 0.3) is 0 Å². The van der Waals surface area contributed by atoms with Crippen LogP contribution in [0.4, 0.5) is 4.39 Å². The predicted molar refractivity (Wildman–Crippen MR) is 80.1 cm³/mol. The third-order valence-corrected chi connectivity index (χ3v) is 4.50. The Morgan fingerprint density at radius 1 is 1.43 bits per heavy atom. The van der Waals surface area contributed by atoms with E-state index < -0.39 is 5.41 Å². The molecule has 2 fully saturated rings. The van der Waals surface area contributed by atoms with Gasteiger partial charge in [-0.2, -0.15) is 5.26 Å². The highest BCUT2D eigenvalue weighted by atomic mass is 19.1. The molecule has 1 aromatic rings. The van der Waals surface area contributed by atoms with Crippen molar-refractivity contribution in [2.24, 2.45) is 5.41 Å². The summed E-state index contributed by atoms with van der Waals surface area (Å²) in [6.45, 7) is 1.87. The van der Waals surface area contributed by atoms with Crippen LogP contribution in [0.15, 0.2) is 24.3 Å². The van der Waals surface area contributed by atoms with Crippen molar-refractivity contribution >= 4 is 5.91 Å². The maximum Gasteiger partial charge on any atom is 0.243 e. The van der Waals surface area contributed by atoms with Gasteiger partial charge in [-0.25, -0.2) is 4.39 Å². The number of carbonyl (C=O) groups is 1. The summed E-state index contributed by atoms with van der Waals surface area (Å²) in [5, 5.41) is 9.48. The fourth-order valence-corrected chi connectivity index (χ4v) is 3.14. The van der Waals surface area contributed by atoms with Gasteiger partial charge in [0.1, 0.15) is 23.1 Å². The average Bonchev–Trinajstić information content (AvgIpc) is 3.03. The van der Waals surface area contributed by atoms with Crippen LogP contribution in [0.5, 0.6) is 5.75 Å². The Balaban J connectivity index is 1.63. The first-order chi connectivity index (χ1) is 11.1. The molecule has 0 aromatic heterocycles. The summed E-state index contributed by atoms with van der Waals surface area (Å²) in [6.07, 6.45) is 1.39. The molecular formula is C17H19FN2O3. The van der Waals surface area contributed by atoms with Crippen LogP contribution >= 0.6 is 0 Å². The first kappa shape index (κ1) is 15.8. The van der Waals surface area contributed by atoms with Gasteiger partial charge in [0, 0.05) is 32.2 Å². The normalized spacial score (nSPS) is 23.3. The summed E-state index contributed by atoms with van der Waals surface area (Å²) >= 11 is 0. The topological polar surface area (TPSA) is 62.6 Å². The van der Waals surface area contributed by atoms with E-state index in [0.717, 1.165) is 0 Å². The predicted octanol–water partition coefficient (Wildman–Crippen LogP) is 2.13. The summed E-state index contributed by atoms with van der Waals surface area (Å²) < 4.78 is 24.2. The lowest BCUT2D eigenvalue weighted by atomic mass is 9.80. The van der Waals surface area contributed by atoms with Gasteiger partial charge in [-0.1, -0.05) is 6.07 Å². The van der Waals surface area contributed by atoms with Crippen molar-refractivity contribution in [2.45, 2.75) is 25.4 Å². The Hall–Kier alpha value is -2.13. The molecule has 5 nitrogen and oxygen atoms in total. The molecule has 2 aliphatic heterocycles. The van der Waals surface area contributed by atoms with Gasteiger partial charge < -0.3 is 14.4 Å². The molecule has 1 unspecified atom stereocenters. The highest BCUT2D eigenvalue weighted by Crippen LogP contribution is 2.33. The van der Waals surface area contributed by atoms with Crippen LogP contribution in [0.3, 0.4) is 0 Å². The van der Waals surface area contributed by atoms with Crippen LogP contribution in [0.2, 0.25) is 0 Å². The Morgan fingerprint density at radius 2 is 2.22 bits per heavy atom. The van der Waals surface area contributed by atoms with Gasteiger partial charge in [-0.3, -0.25) is 4.79 Å². The number of hydrogen-bond donors (Lipinski definition) is 0. The monoisotopic (exact) mass is 318 g/mol. The van der Waals surface area contributed by atoms with Crippen molar-refractivity contribution in [3.8, 4) is 11.8 Å². The molecule has 0 spiro atoms. The molecule has 2 saturated heterocycles. The molecule has 2 aliphatic rings. The van der Waals surface area contributed by atoms with Crippen LogP contribution in [0, 0.1) is 22.6 Å². The summed E-state index contributed by atoms with van der Waals surface area (Å²) in [7, 11) is 0. The lowest BCUT2D eigenvalue weighted by Gasteiger charge is -2.32. The molecule has 6 heteroatoms. The van der Waals surface area contributed by atoms with Crippen LogP contribution in [-0.2, 0) is 9.53 Å². The standard InChI is InChI=1S/C17H19FN2O3/c18-13-2-1-3-14(10-13)23-15-4-7-20(11-15)16(21)17(12-19)5-8-22-9-6-17/h1-3,10,15H,4-9,11H2. The zero-order chi connectivity index (χ0) is 16.3. The van der Waals surface area contributed by atoms with E-state index >= 15 is 0 Å². The zero-order valence-corrected chi connectivity index (χ0v) is 12.8. The lowest BCUT2D eigenvalue weighted by molar-refractivity contribution is -0.142. The molecule has 3 rings (SSSR count). The van der Waals surface area contributed by atoms with E-state index in [1.807, 2.05) is 0 Å². The Labute approximate surface area is 134 Å². The summed E-state index contributed by atoms with van der Waals surface area (Å²) in [4.78, 5) is 14.4. The number of benzene rings is 1. The van der Waals surface area contributed by atoms with Crippen LogP contribution in [-0.4, -0.2) is 43.2 Å². The van der Waals surface area contributed by atoms with E-state index in [4.69, 9.17) is 9.47 Å². The molecule has 0 N–H and O–H groups in total. The molecule has 0 aliphatic carbocycles. The molecule has 23 heavy (non-hydrogen) atoms. The quantitative estimate of drug-likeness (QED) is 0.856. The van der Waals surface area contributed by atoms with Crippen molar-refractivity contribution in [3.63, 3.8) is 0 Å². The minimum atomic E-state index is -0.966. The maximum absolute atomic E-state index is 13.2. The third kappa shape index (κ3) is 3.30. The van der Waals surface area contributed by atoms with Gasteiger partial charge in [-0.05, 0) is 25.0 Å². The third-order valence-electron chi connectivity index (χ3n) is 4.50. The van der Waals surface area contributed by atoms with E-state index in [1.54, 1.807) is 17.0 Å². The average molecular weight is 318 g/mol. The molecule has 0 radical (unpaired) electrons. The Morgan fingerprint density at radius 3 is 2.91 bits per heavy atom. The van der Waals surface area contributed by atoms with Crippen LogP contribution in [0.1, 0.15) is 19.3 Å². The van der Waals surface area contributed by atoms with Crippen molar-refractivity contribution in [3.05, 3.63) is 30.1 Å². The zero-order valence-electron chi connectivity index (χ0n) is 12.8. The second-order valence-electron chi connectivity index (χ2n) is 6.04. The van der Waals surface area contributed by atoms with E-state index in [0.29, 0.717) is 51.3 Å². The first-order valence-corrected chi connectivity index (χ1v) is 7.83. The largest absolute Gasteiger partial charge is 0.488 e. The van der Waals surface area contributed by atoms with E-state index in [1.165, 1.54) is 12.1 Å². The Kier molecular flexibility index (Phi) is 4.49. The molecule has 1 amide bonds. The molecule has 1 atom stereocenters. The number of nitriles is 1. The number of ether oxygens (including phenoxy) is 2. The van der Waals surface area contributed by atoms with E-state index in [-0.39, 0.29) is 17.8 Å². The smallest absolute Gasteiger partial charge is 0.243 e. The Bertz CT molecular complexity index is 623. The minimum absolute atomic E-state index is 0.131. The van der Waals surface area contributed by atoms with Crippen molar-refractivity contribution in [1.82, 2.24) is 4.90 Å². The fourth-order valence-electron chi connectivity index (χ4n) is 3.14. The van der Waals surface area contributed by atoms with Gasteiger partial charge in [0.25, 0.3) is 0 Å². The fraction of sp³-hybridized carbons (Fsp3) is 0.529. The number of nitrogens with zero attached hydrogens (tertiary/aromatic N) is 2. The number of rotatable bonds is 3. The number of hydrogen-bond acceptors (Lipinski definition) is 4. The summed E-state index contributed by atoms with van der Waals surface area (Å²) in [5.74, 6) is -0.0157. The first-order valence-electron chi connectivity index (χ1n) is 7.83. The molecule has 0 bridgehead atoms. The van der Waals surface area contributed by atoms with Crippen molar-refractivity contribution in [1.29, 1.82) is 5.26 Å². The van der Waals surface area contributed by atoms with E-state index in [9.17, 15) is 14.4 Å². The SMILES string of the molecule is N#CC1(C(=O)N2CCC(Oc3cccc(F)c3)C2)CCOCC1. The highest BCUT2D eigenvalue weighted by Gasteiger charge is 2.44. The molecular weight excluding hydrogens is 299 g/mol. The molecule has 0 saturated carbocycles. The summed E-state index contributed by atoms with van der Waals surface area (Å²) in [6, 6.07) is 8.19. The van der Waals surface area contributed by atoms with Gasteiger partial charge in [0.15, 0.2) is 0 Å². The van der Waals surface area contributed by atoms with Gasteiger partial charge >= 0.3 is 0 Å². The number of likely N-dealkylation sites (tertiary alicyclic amines) is 1. The number of carbonyl (C=O) groups excluding carboxylic acids is 1. The molecule has 1 aromatic carbocycles. The van der Waals surface area contributed by atoms with E-state index in [2.05, 4.69) is 6.07 Å². The summed E-state index contributed by atoms with van der Waals surface area (Å²) in [5.41, 5.74) is -0.966. The number of halogens is 1. The maximum atomic E-state index is 13.2. The van der Waals surface area contributed by atoms with Crippen molar-refractivity contribution < 1.29 is 18.7 Å². The lowest BCUT2D eigenvalue weighted by Crippen LogP contribution is -2.45. The van der Waals surface area contributed by atoms with Gasteiger partial charge in [0.05, 0.1) is 12.6 Å². The second kappa shape index (κ2) is 6.55. The van der Waals surface area contributed by atoms with Crippen molar-refractivity contribution in [2.75, 3.05) is 26.3 Å². The second-order valence-corrected chi connectivity index (χ2v) is 6.04. The van der Waals surface area contributed by atoms with Gasteiger partial charge in [-0.15, -0.1) is 0 Å². The highest BCUT2D eigenvalue weighted by molar-refractivity contribution is 5.86. The van der Waals surface area contributed by atoms with Gasteiger partial charge in [0.2, 0.25) is 5.91 Å². The molecule has 2 heterocycles. The molecule has 122 valence electrons. The van der Waals surface area contributed by atoms with Crippen LogP contribution < -0.4 is 4.74 Å².